The van der Waals surface area contributed by atoms with Crippen LogP contribution in [0.1, 0.15) is 31.9 Å². The summed E-state index contributed by atoms with van der Waals surface area (Å²) in [5.41, 5.74) is 0.642. The van der Waals surface area contributed by atoms with Crippen LogP contribution in [-0.4, -0.2) is 36.8 Å². The molecule has 0 aliphatic heterocycles. The monoisotopic (exact) mass is 512 g/mol. The molecule has 0 aliphatic carbocycles. The molecule has 2 aromatic rings. The highest BCUT2D eigenvalue weighted by Crippen LogP contribution is 2.29. The Labute approximate surface area is 206 Å². The second-order valence-corrected chi connectivity index (χ2v) is 8.17. The van der Waals surface area contributed by atoms with E-state index < -0.39 is 53.5 Å². The molecule has 0 spiro atoms. The first-order chi connectivity index (χ1) is 16.9. The highest BCUT2D eigenvalue weighted by atomic mass is 19.4. The Hall–Kier alpha value is -3.63. The quantitative estimate of drug-likeness (QED) is 0.345. The van der Waals surface area contributed by atoms with Crippen LogP contribution in [0.2, 0.25) is 0 Å². The normalized spacial score (nSPS) is 13.8. The molecular formula is C25H28F4N2O5. The molecule has 0 saturated heterocycles. The third-order valence-electron chi connectivity index (χ3n) is 5.30. The summed E-state index contributed by atoms with van der Waals surface area (Å²) in [4.78, 5) is 36.8. The van der Waals surface area contributed by atoms with Gasteiger partial charge in [-0.05, 0) is 36.6 Å². The number of nitrogens with one attached hydrogen (secondary N) is 2. The van der Waals surface area contributed by atoms with Crippen molar-refractivity contribution in [2.75, 3.05) is 11.9 Å². The van der Waals surface area contributed by atoms with Gasteiger partial charge in [-0.1, -0.05) is 50.2 Å². The number of hydrogen-bond donors (Lipinski definition) is 2. The molecule has 0 saturated carbocycles. The maximum Gasteiger partial charge on any atom is 0.408 e. The molecule has 2 unspecified atom stereocenters. The Morgan fingerprint density at radius 1 is 0.972 bits per heavy atom. The number of alkyl halides is 3. The van der Waals surface area contributed by atoms with E-state index in [0.717, 1.165) is 13.0 Å². The Morgan fingerprint density at radius 2 is 1.64 bits per heavy atom. The van der Waals surface area contributed by atoms with Crippen LogP contribution in [0.25, 0.3) is 0 Å². The molecule has 0 aromatic heterocycles. The third kappa shape index (κ3) is 8.54. The molecule has 0 heterocycles. The van der Waals surface area contributed by atoms with Gasteiger partial charge in [0.2, 0.25) is 5.91 Å². The van der Waals surface area contributed by atoms with Gasteiger partial charge in [-0.25, -0.2) is 9.18 Å². The van der Waals surface area contributed by atoms with Crippen molar-refractivity contribution in [2.24, 2.45) is 11.8 Å². The summed E-state index contributed by atoms with van der Waals surface area (Å²) in [7, 11) is 0. The molecular weight excluding hydrogens is 484 g/mol. The van der Waals surface area contributed by atoms with Crippen LogP contribution in [0.5, 0.6) is 0 Å². The van der Waals surface area contributed by atoms with Crippen LogP contribution in [0.15, 0.2) is 48.5 Å². The van der Waals surface area contributed by atoms with Crippen molar-refractivity contribution in [3.05, 3.63) is 65.5 Å². The largest absolute Gasteiger partial charge is 0.466 e. The van der Waals surface area contributed by atoms with E-state index in [9.17, 15) is 31.9 Å². The zero-order valence-electron chi connectivity index (χ0n) is 20.0. The van der Waals surface area contributed by atoms with Gasteiger partial charge < -0.3 is 20.1 Å². The van der Waals surface area contributed by atoms with Gasteiger partial charge in [-0.2, -0.15) is 13.2 Å². The highest BCUT2D eigenvalue weighted by Gasteiger charge is 2.45. The molecule has 0 aliphatic rings. The lowest BCUT2D eigenvalue weighted by Crippen LogP contribution is -2.52. The number of esters is 1. The van der Waals surface area contributed by atoms with E-state index in [1.54, 1.807) is 44.2 Å². The summed E-state index contributed by atoms with van der Waals surface area (Å²) in [6, 6.07) is 9.93. The van der Waals surface area contributed by atoms with Gasteiger partial charge in [-0.3, -0.25) is 9.59 Å². The number of rotatable bonds is 10. The first-order valence-corrected chi connectivity index (χ1v) is 11.2. The Kier molecular flexibility index (Phi) is 10.2. The topological polar surface area (TPSA) is 93.7 Å². The summed E-state index contributed by atoms with van der Waals surface area (Å²) in [6.07, 6.45) is -5.94. The van der Waals surface area contributed by atoms with Crippen molar-refractivity contribution in [3.63, 3.8) is 0 Å². The summed E-state index contributed by atoms with van der Waals surface area (Å²) in [6.45, 7) is 3.94. The molecule has 11 heteroatoms. The number of carbonyl (C=O) groups is 3. The average molecular weight is 513 g/mol. The minimum absolute atomic E-state index is 0.147. The maximum atomic E-state index is 14.4. The fraction of sp³-hybridized carbons (Fsp3) is 0.400. The van der Waals surface area contributed by atoms with Crippen LogP contribution >= 0.6 is 0 Å². The molecule has 2 rings (SSSR count). The summed E-state index contributed by atoms with van der Waals surface area (Å²) in [5.74, 6) is -5.54. The lowest BCUT2D eigenvalue weighted by Gasteiger charge is -2.26. The second-order valence-electron chi connectivity index (χ2n) is 8.17. The summed E-state index contributed by atoms with van der Waals surface area (Å²) >= 11 is 0. The third-order valence-corrected chi connectivity index (χ3v) is 5.30. The molecule has 0 radical (unpaired) electrons. The van der Waals surface area contributed by atoms with Crippen LogP contribution in [0.4, 0.5) is 28.0 Å². The molecule has 2 aromatic carbocycles. The SMILES string of the molecule is CCOC(=O)[C@@H](C)Cc1ccc(F)c(NC(=O)C(NC(=O)OCc2ccccc2)C(C)C(F)(F)F)c1. The van der Waals surface area contributed by atoms with Crippen LogP contribution in [0.3, 0.4) is 0 Å². The fourth-order valence-electron chi connectivity index (χ4n) is 3.23. The van der Waals surface area contributed by atoms with Crippen molar-refractivity contribution in [1.29, 1.82) is 0 Å². The Bertz CT molecular complexity index is 1050. The first-order valence-electron chi connectivity index (χ1n) is 11.2. The van der Waals surface area contributed by atoms with Gasteiger partial charge in [-0.15, -0.1) is 0 Å². The van der Waals surface area contributed by atoms with Crippen LogP contribution in [0, 0.1) is 17.7 Å². The van der Waals surface area contributed by atoms with E-state index in [-0.39, 0.29) is 19.6 Å². The summed E-state index contributed by atoms with van der Waals surface area (Å²) < 4.78 is 64.5. The molecule has 0 fully saturated rings. The van der Waals surface area contributed by atoms with E-state index in [1.807, 2.05) is 5.32 Å². The zero-order valence-corrected chi connectivity index (χ0v) is 20.0. The van der Waals surface area contributed by atoms with Crippen molar-refractivity contribution >= 4 is 23.7 Å². The number of alkyl carbamates (subject to hydrolysis) is 1. The van der Waals surface area contributed by atoms with Gasteiger partial charge in [0.05, 0.1) is 24.1 Å². The molecule has 2 amide bonds. The molecule has 0 bridgehead atoms. The molecule has 2 N–H and O–H groups in total. The predicted octanol–water partition coefficient (Wildman–Crippen LogP) is 5.00. The minimum Gasteiger partial charge on any atom is -0.466 e. The highest BCUT2D eigenvalue weighted by molar-refractivity contribution is 5.97. The van der Waals surface area contributed by atoms with Gasteiger partial charge in [0.1, 0.15) is 18.5 Å². The first kappa shape index (κ1) is 28.6. The molecule has 7 nitrogen and oxygen atoms in total. The van der Waals surface area contributed by atoms with Crippen LogP contribution < -0.4 is 10.6 Å². The van der Waals surface area contributed by atoms with Crippen molar-refractivity contribution in [2.45, 2.75) is 46.0 Å². The number of carbonyl (C=O) groups excluding carboxylic acids is 3. The van der Waals surface area contributed by atoms with E-state index in [1.165, 1.54) is 12.1 Å². The molecule has 36 heavy (non-hydrogen) atoms. The van der Waals surface area contributed by atoms with Gasteiger partial charge >= 0.3 is 18.2 Å². The predicted molar refractivity (Wildman–Crippen MR) is 123 cm³/mol. The lowest BCUT2D eigenvalue weighted by molar-refractivity contribution is -0.178. The second kappa shape index (κ2) is 12.9. The van der Waals surface area contributed by atoms with Gasteiger partial charge in [0, 0.05) is 0 Å². The van der Waals surface area contributed by atoms with Gasteiger partial charge in [0.25, 0.3) is 0 Å². The summed E-state index contributed by atoms with van der Waals surface area (Å²) in [5, 5.41) is 4.04. The number of anilines is 1. The average Bonchev–Trinajstić information content (AvgIpc) is 2.83. The standard InChI is InChI=1S/C25H28F4N2O5/c1-4-35-23(33)15(2)12-18-10-11-19(26)20(13-18)30-22(32)21(16(3)25(27,28)29)31-24(34)36-14-17-8-6-5-7-9-17/h5-11,13,15-16,21H,4,12,14H2,1-3H3,(H,30,32)(H,31,34)/t15-,16?,21?/m0/s1. The van der Waals surface area contributed by atoms with E-state index in [0.29, 0.717) is 11.1 Å². The van der Waals surface area contributed by atoms with E-state index >= 15 is 0 Å². The number of halogens is 4. The number of ether oxygens (including phenoxy) is 2. The van der Waals surface area contributed by atoms with E-state index in [2.05, 4.69) is 5.32 Å². The lowest BCUT2D eigenvalue weighted by atomic mass is 9.99. The van der Waals surface area contributed by atoms with Gasteiger partial charge in [0.15, 0.2) is 0 Å². The maximum absolute atomic E-state index is 14.4. The zero-order chi connectivity index (χ0) is 26.9. The van der Waals surface area contributed by atoms with Crippen molar-refractivity contribution in [3.8, 4) is 0 Å². The Morgan fingerprint density at radius 3 is 2.25 bits per heavy atom. The number of benzene rings is 2. The van der Waals surface area contributed by atoms with Crippen molar-refractivity contribution < 1.29 is 41.4 Å². The number of amides is 2. The van der Waals surface area contributed by atoms with Crippen LogP contribution in [-0.2, 0) is 32.1 Å². The van der Waals surface area contributed by atoms with Crippen molar-refractivity contribution in [1.82, 2.24) is 5.32 Å². The minimum atomic E-state index is -4.84. The molecule has 3 atom stereocenters. The smallest absolute Gasteiger partial charge is 0.408 e. The van der Waals surface area contributed by atoms with E-state index in [4.69, 9.17) is 9.47 Å². The fourth-order valence-corrected chi connectivity index (χ4v) is 3.23. The Balaban J connectivity index is 2.16. The molecule has 196 valence electrons. The number of hydrogen-bond acceptors (Lipinski definition) is 5.